The van der Waals surface area contributed by atoms with Gasteiger partial charge in [-0.3, -0.25) is 4.79 Å². The molecule has 0 amide bonds. The Morgan fingerprint density at radius 3 is 2.62 bits per heavy atom. The van der Waals surface area contributed by atoms with E-state index in [2.05, 4.69) is 62.2 Å². The molecule has 0 fully saturated rings. The van der Waals surface area contributed by atoms with Crippen LogP contribution in [0.15, 0.2) is 41.2 Å². The molecule has 1 aliphatic carbocycles. The average molecular weight is 279 g/mol. The molecule has 2 nitrogen and oxygen atoms in total. The number of aromatic amines is 1. The van der Waals surface area contributed by atoms with Gasteiger partial charge in [0, 0.05) is 23.1 Å². The lowest BCUT2D eigenvalue weighted by Crippen LogP contribution is -2.27. The second-order valence-corrected chi connectivity index (χ2v) is 6.61. The number of pyridine rings is 1. The third-order valence-electron chi connectivity index (χ3n) is 4.27. The molecule has 1 aliphatic rings. The van der Waals surface area contributed by atoms with Crippen LogP contribution in [0.2, 0.25) is 0 Å². The van der Waals surface area contributed by atoms with Gasteiger partial charge in [0.05, 0.1) is 0 Å². The zero-order chi connectivity index (χ0) is 15.0. The molecule has 0 atom stereocenters. The number of hydrogen-bond acceptors (Lipinski definition) is 1. The van der Waals surface area contributed by atoms with Gasteiger partial charge in [-0.05, 0) is 30.5 Å². The lowest BCUT2D eigenvalue weighted by molar-refractivity contribution is 0.508. The Balaban J connectivity index is 2.00. The summed E-state index contributed by atoms with van der Waals surface area (Å²) in [4.78, 5) is 15.5. The maximum atomic E-state index is 12.4. The van der Waals surface area contributed by atoms with E-state index in [4.69, 9.17) is 0 Å². The summed E-state index contributed by atoms with van der Waals surface area (Å²) in [6.07, 6.45) is 5.95. The van der Waals surface area contributed by atoms with Crippen LogP contribution in [0.5, 0.6) is 0 Å². The number of H-pyrrole nitrogens is 1. The standard InChI is InChI=1S/C19H21NO/c1-13-6-8-14(9-7-13)11-16-12-15-5-4-10-19(2,3)17(15)20-18(16)21/h4-9,12H,10-11H2,1-3H3,(H,20,21). The molecule has 1 N–H and O–H groups in total. The van der Waals surface area contributed by atoms with Crippen molar-refractivity contribution in [3.8, 4) is 0 Å². The van der Waals surface area contributed by atoms with Crippen LogP contribution in [0.25, 0.3) is 6.08 Å². The predicted molar refractivity (Wildman–Crippen MR) is 87.7 cm³/mol. The molecule has 21 heavy (non-hydrogen) atoms. The smallest absolute Gasteiger partial charge is 0.251 e. The Labute approximate surface area is 125 Å². The molecule has 2 heteroatoms. The van der Waals surface area contributed by atoms with Gasteiger partial charge in [0.1, 0.15) is 0 Å². The number of fused-ring (bicyclic) bond motifs is 1. The van der Waals surface area contributed by atoms with E-state index >= 15 is 0 Å². The summed E-state index contributed by atoms with van der Waals surface area (Å²) in [6.45, 7) is 6.41. The van der Waals surface area contributed by atoms with Crippen LogP contribution in [0.4, 0.5) is 0 Å². The quantitative estimate of drug-likeness (QED) is 0.886. The van der Waals surface area contributed by atoms with Gasteiger partial charge in [-0.15, -0.1) is 0 Å². The minimum atomic E-state index is 0.00559. The van der Waals surface area contributed by atoms with Crippen molar-refractivity contribution in [3.63, 3.8) is 0 Å². The molecule has 0 radical (unpaired) electrons. The molecule has 0 aliphatic heterocycles. The van der Waals surface area contributed by atoms with Crippen LogP contribution in [0.1, 0.15) is 48.2 Å². The molecule has 1 aromatic carbocycles. The molecule has 0 saturated heterocycles. The monoisotopic (exact) mass is 279 g/mol. The van der Waals surface area contributed by atoms with Crippen molar-refractivity contribution in [1.29, 1.82) is 0 Å². The fraction of sp³-hybridized carbons (Fsp3) is 0.316. The Hall–Kier alpha value is -2.09. The van der Waals surface area contributed by atoms with E-state index < -0.39 is 0 Å². The van der Waals surface area contributed by atoms with Crippen molar-refractivity contribution in [1.82, 2.24) is 4.98 Å². The van der Waals surface area contributed by atoms with Gasteiger partial charge < -0.3 is 4.98 Å². The first-order chi connectivity index (χ1) is 9.95. The van der Waals surface area contributed by atoms with Crippen LogP contribution in [0.3, 0.4) is 0 Å². The summed E-state index contributed by atoms with van der Waals surface area (Å²) >= 11 is 0. The largest absolute Gasteiger partial charge is 0.325 e. The SMILES string of the molecule is Cc1ccc(Cc2cc3c([nH]c2=O)C(C)(C)CC=C3)cc1. The van der Waals surface area contributed by atoms with Gasteiger partial charge in [0.2, 0.25) is 0 Å². The topological polar surface area (TPSA) is 32.9 Å². The molecule has 0 saturated carbocycles. The molecule has 1 heterocycles. The van der Waals surface area contributed by atoms with Gasteiger partial charge >= 0.3 is 0 Å². The van der Waals surface area contributed by atoms with Gasteiger partial charge in [-0.1, -0.05) is 55.8 Å². The molecule has 2 aromatic rings. The number of rotatable bonds is 2. The first-order valence-electron chi connectivity index (χ1n) is 7.44. The van der Waals surface area contributed by atoms with E-state index in [0.29, 0.717) is 6.42 Å². The highest BCUT2D eigenvalue weighted by Gasteiger charge is 2.26. The molecule has 0 spiro atoms. The zero-order valence-electron chi connectivity index (χ0n) is 12.9. The molecule has 1 aromatic heterocycles. The van der Waals surface area contributed by atoms with Crippen molar-refractivity contribution in [3.05, 3.63) is 74.7 Å². The number of allylic oxidation sites excluding steroid dienone is 1. The molecular formula is C19H21NO. The maximum Gasteiger partial charge on any atom is 0.251 e. The fourth-order valence-corrected chi connectivity index (χ4v) is 2.92. The summed E-state index contributed by atoms with van der Waals surface area (Å²) in [5.41, 5.74) is 5.49. The molecule has 0 unspecified atom stereocenters. The van der Waals surface area contributed by atoms with Crippen LogP contribution in [-0.2, 0) is 11.8 Å². The number of benzene rings is 1. The van der Waals surface area contributed by atoms with Crippen LogP contribution in [-0.4, -0.2) is 4.98 Å². The van der Waals surface area contributed by atoms with Gasteiger partial charge in [-0.2, -0.15) is 0 Å². The van der Waals surface area contributed by atoms with Crippen LogP contribution >= 0.6 is 0 Å². The van der Waals surface area contributed by atoms with Gasteiger partial charge in [0.25, 0.3) is 5.56 Å². The Morgan fingerprint density at radius 2 is 1.90 bits per heavy atom. The summed E-state index contributed by atoms with van der Waals surface area (Å²) in [6, 6.07) is 10.4. The summed E-state index contributed by atoms with van der Waals surface area (Å²) in [5, 5.41) is 0. The van der Waals surface area contributed by atoms with Crippen molar-refractivity contribution in [2.45, 2.75) is 39.0 Å². The second-order valence-electron chi connectivity index (χ2n) is 6.61. The van der Waals surface area contributed by atoms with E-state index in [1.807, 2.05) is 6.07 Å². The Bertz CT molecular complexity index is 748. The average Bonchev–Trinajstić information content (AvgIpc) is 2.43. The van der Waals surface area contributed by atoms with Crippen LogP contribution in [0, 0.1) is 6.92 Å². The lowest BCUT2D eigenvalue weighted by atomic mass is 9.79. The Kier molecular flexibility index (Phi) is 3.32. The highest BCUT2D eigenvalue weighted by Crippen LogP contribution is 2.33. The van der Waals surface area contributed by atoms with E-state index in [9.17, 15) is 4.79 Å². The minimum absolute atomic E-state index is 0.00559. The molecule has 108 valence electrons. The maximum absolute atomic E-state index is 12.4. The number of aromatic nitrogens is 1. The van der Waals surface area contributed by atoms with Crippen molar-refractivity contribution in [2.24, 2.45) is 0 Å². The lowest BCUT2D eigenvalue weighted by Gasteiger charge is -2.28. The van der Waals surface area contributed by atoms with Crippen molar-refractivity contribution < 1.29 is 0 Å². The van der Waals surface area contributed by atoms with Gasteiger partial charge in [-0.25, -0.2) is 0 Å². The highest BCUT2D eigenvalue weighted by molar-refractivity contribution is 5.57. The third kappa shape index (κ3) is 2.71. The van der Waals surface area contributed by atoms with E-state index in [-0.39, 0.29) is 11.0 Å². The zero-order valence-corrected chi connectivity index (χ0v) is 12.9. The van der Waals surface area contributed by atoms with Crippen molar-refractivity contribution >= 4 is 6.08 Å². The molecule has 3 rings (SSSR count). The third-order valence-corrected chi connectivity index (χ3v) is 4.27. The summed E-state index contributed by atoms with van der Waals surface area (Å²) in [7, 11) is 0. The summed E-state index contributed by atoms with van der Waals surface area (Å²) in [5.74, 6) is 0. The summed E-state index contributed by atoms with van der Waals surface area (Å²) < 4.78 is 0. The van der Waals surface area contributed by atoms with Crippen molar-refractivity contribution in [2.75, 3.05) is 0 Å². The first kappa shape index (κ1) is 13.9. The number of nitrogens with one attached hydrogen (secondary N) is 1. The van der Waals surface area contributed by atoms with E-state index in [1.54, 1.807) is 0 Å². The fourth-order valence-electron chi connectivity index (χ4n) is 2.92. The second kappa shape index (κ2) is 5.03. The van der Waals surface area contributed by atoms with Crippen LogP contribution < -0.4 is 5.56 Å². The highest BCUT2D eigenvalue weighted by atomic mass is 16.1. The number of aryl methyl sites for hydroxylation is 1. The predicted octanol–water partition coefficient (Wildman–Crippen LogP) is 3.97. The molecule has 0 bridgehead atoms. The van der Waals surface area contributed by atoms with Gasteiger partial charge in [0.15, 0.2) is 0 Å². The van der Waals surface area contributed by atoms with E-state index in [1.165, 1.54) is 11.1 Å². The molecular weight excluding hydrogens is 258 g/mol. The minimum Gasteiger partial charge on any atom is -0.325 e. The normalized spacial score (nSPS) is 15.8. The number of hydrogen-bond donors (Lipinski definition) is 1. The first-order valence-corrected chi connectivity index (χ1v) is 7.44. The van der Waals surface area contributed by atoms with E-state index in [0.717, 1.165) is 23.2 Å². The Morgan fingerprint density at radius 1 is 1.19 bits per heavy atom.